The fourth-order valence-electron chi connectivity index (χ4n) is 8.45. The van der Waals surface area contributed by atoms with E-state index in [0.717, 1.165) is 38.9 Å². The molecule has 0 unspecified atom stereocenters. The van der Waals surface area contributed by atoms with Gasteiger partial charge in [0.25, 0.3) is 0 Å². The van der Waals surface area contributed by atoms with Crippen molar-refractivity contribution in [3.63, 3.8) is 0 Å². The van der Waals surface area contributed by atoms with Crippen molar-refractivity contribution in [3.05, 3.63) is 211 Å². The third kappa shape index (κ3) is 4.42. The summed E-state index contributed by atoms with van der Waals surface area (Å²) in [4.78, 5) is 0. The van der Waals surface area contributed by atoms with E-state index in [2.05, 4.69) is 117 Å². The van der Waals surface area contributed by atoms with Crippen molar-refractivity contribution in [2.24, 2.45) is 0 Å². The van der Waals surface area contributed by atoms with Crippen LogP contribution in [0, 0.1) is 0 Å². The van der Waals surface area contributed by atoms with E-state index in [1.165, 1.54) is 38.9 Å². The third-order valence-electron chi connectivity index (χ3n) is 10.7. The Bertz CT molecular complexity index is 2750. The summed E-state index contributed by atoms with van der Waals surface area (Å²) in [6.07, 6.45) is 5.48. The standard InChI is InChI=1S/C49H33NO3/c1-5-42-48(36-17-9-13-21-43(36)51-42)31(4)29(2)22-23-30(3)50-32-24-25-44-45(26-32)53-47-28-41-37(27-46(47)52-44)35-16-8-12-20-40(35)49(41)38-18-10-6-14-33(38)34-15-7-11-19-39(34)49/h5-28,50H,1-4H2/b23-22-. The van der Waals surface area contributed by atoms with Crippen LogP contribution >= 0.6 is 0 Å². The molecular weight excluding hydrogens is 651 g/mol. The number of para-hydroxylation sites is 1. The molecule has 1 spiro atoms. The molecule has 6 aromatic carbocycles. The number of furan rings is 1. The molecule has 1 aliphatic heterocycles. The van der Waals surface area contributed by atoms with Crippen LogP contribution in [0.5, 0.6) is 23.0 Å². The lowest BCUT2D eigenvalue weighted by Crippen LogP contribution is -2.25. The van der Waals surface area contributed by atoms with Crippen LogP contribution in [0.1, 0.15) is 33.6 Å². The van der Waals surface area contributed by atoms with Gasteiger partial charge in [-0.25, -0.2) is 0 Å². The van der Waals surface area contributed by atoms with Crippen LogP contribution in [0.4, 0.5) is 5.69 Å². The SMILES string of the molecule is C=Cc1oc2ccccc2c1C(=C)C(=C)/C=C\C(=C)Nc1ccc2c(c1)Oc1cc3c(cc1O2)-c1ccccc1C31c2ccccc2-c2ccccc21. The molecule has 3 aliphatic rings. The maximum atomic E-state index is 6.68. The molecule has 1 N–H and O–H groups in total. The second-order valence-electron chi connectivity index (χ2n) is 13.6. The van der Waals surface area contributed by atoms with Crippen LogP contribution in [0.3, 0.4) is 0 Å². The lowest BCUT2D eigenvalue weighted by atomic mass is 9.70. The Morgan fingerprint density at radius 2 is 1.15 bits per heavy atom. The lowest BCUT2D eigenvalue weighted by Gasteiger charge is -2.31. The molecule has 1 aromatic heterocycles. The first-order valence-electron chi connectivity index (χ1n) is 17.6. The van der Waals surface area contributed by atoms with E-state index in [9.17, 15) is 0 Å². The van der Waals surface area contributed by atoms with E-state index in [1.54, 1.807) is 6.08 Å². The molecule has 0 amide bonds. The van der Waals surface area contributed by atoms with Crippen LogP contribution in [-0.4, -0.2) is 0 Å². The van der Waals surface area contributed by atoms with Gasteiger partial charge in [-0.2, -0.15) is 0 Å². The quantitative estimate of drug-likeness (QED) is 0.170. The first kappa shape index (κ1) is 30.8. The molecule has 252 valence electrons. The van der Waals surface area contributed by atoms with Gasteiger partial charge in [0.05, 0.1) is 5.41 Å². The van der Waals surface area contributed by atoms with Crippen molar-refractivity contribution in [2.45, 2.75) is 5.41 Å². The predicted octanol–water partition coefficient (Wildman–Crippen LogP) is 13.1. The number of anilines is 1. The molecule has 4 nitrogen and oxygen atoms in total. The molecule has 2 heterocycles. The van der Waals surface area contributed by atoms with E-state index < -0.39 is 5.41 Å². The van der Waals surface area contributed by atoms with Crippen molar-refractivity contribution in [2.75, 3.05) is 5.32 Å². The Balaban J connectivity index is 0.948. The minimum Gasteiger partial charge on any atom is -0.456 e. The van der Waals surface area contributed by atoms with Gasteiger partial charge >= 0.3 is 0 Å². The van der Waals surface area contributed by atoms with Crippen molar-refractivity contribution < 1.29 is 13.9 Å². The summed E-state index contributed by atoms with van der Waals surface area (Å²) >= 11 is 0. The normalized spacial score (nSPS) is 13.6. The van der Waals surface area contributed by atoms with Gasteiger partial charge in [-0.05, 0) is 98.1 Å². The minimum atomic E-state index is -0.460. The number of hydrogen-bond donors (Lipinski definition) is 1. The Morgan fingerprint density at radius 3 is 1.85 bits per heavy atom. The number of allylic oxidation sites excluding steroid dienone is 4. The molecule has 0 saturated heterocycles. The number of rotatable bonds is 7. The summed E-state index contributed by atoms with van der Waals surface area (Å²) in [5.41, 5.74) is 14.1. The first-order valence-corrected chi connectivity index (χ1v) is 17.6. The number of fused-ring (bicyclic) bond motifs is 13. The topological polar surface area (TPSA) is 43.6 Å². The average Bonchev–Trinajstić information content (AvgIpc) is 3.82. The van der Waals surface area contributed by atoms with E-state index in [-0.39, 0.29) is 0 Å². The van der Waals surface area contributed by atoms with Gasteiger partial charge < -0.3 is 19.2 Å². The number of benzene rings is 6. The molecule has 0 radical (unpaired) electrons. The molecule has 0 atom stereocenters. The largest absolute Gasteiger partial charge is 0.456 e. The zero-order chi connectivity index (χ0) is 35.8. The highest BCUT2D eigenvalue weighted by atomic mass is 16.6. The summed E-state index contributed by atoms with van der Waals surface area (Å²) < 4.78 is 19.2. The van der Waals surface area contributed by atoms with Gasteiger partial charge in [-0.1, -0.05) is 123 Å². The molecule has 4 heteroatoms. The van der Waals surface area contributed by atoms with Crippen molar-refractivity contribution >= 4 is 28.3 Å². The maximum absolute atomic E-state index is 6.68. The second kappa shape index (κ2) is 11.5. The summed E-state index contributed by atoms with van der Waals surface area (Å²) in [6.45, 7) is 16.8. The van der Waals surface area contributed by atoms with Gasteiger partial charge in [0.15, 0.2) is 23.0 Å². The lowest BCUT2D eigenvalue weighted by molar-refractivity contribution is 0.359. The van der Waals surface area contributed by atoms with Crippen LogP contribution < -0.4 is 14.8 Å². The molecule has 0 fully saturated rings. The van der Waals surface area contributed by atoms with E-state index >= 15 is 0 Å². The average molecular weight is 684 g/mol. The fraction of sp³-hybridized carbons (Fsp3) is 0.0204. The minimum absolute atomic E-state index is 0.460. The first-order chi connectivity index (χ1) is 25.9. The molecule has 53 heavy (non-hydrogen) atoms. The summed E-state index contributed by atoms with van der Waals surface area (Å²) in [5.74, 6) is 3.32. The highest BCUT2D eigenvalue weighted by molar-refractivity contribution is 5.99. The summed E-state index contributed by atoms with van der Waals surface area (Å²) in [7, 11) is 0. The van der Waals surface area contributed by atoms with Gasteiger partial charge in [0.2, 0.25) is 0 Å². The van der Waals surface area contributed by atoms with Gasteiger partial charge in [0.1, 0.15) is 11.3 Å². The van der Waals surface area contributed by atoms with Gasteiger partial charge in [0, 0.05) is 28.4 Å². The summed E-state index contributed by atoms with van der Waals surface area (Å²) in [6, 6.07) is 44.3. The molecule has 7 aromatic rings. The highest BCUT2D eigenvalue weighted by Gasteiger charge is 2.52. The Hall–Kier alpha value is -7.04. The predicted molar refractivity (Wildman–Crippen MR) is 216 cm³/mol. The Labute approximate surface area is 308 Å². The summed E-state index contributed by atoms with van der Waals surface area (Å²) in [5, 5.41) is 4.36. The van der Waals surface area contributed by atoms with E-state index in [1.807, 2.05) is 54.6 Å². The molecule has 0 bridgehead atoms. The monoisotopic (exact) mass is 683 g/mol. The van der Waals surface area contributed by atoms with Crippen molar-refractivity contribution in [3.8, 4) is 45.3 Å². The number of nitrogens with one attached hydrogen (secondary N) is 1. The number of hydrogen-bond acceptors (Lipinski definition) is 4. The van der Waals surface area contributed by atoms with Gasteiger partial charge in [-0.15, -0.1) is 0 Å². The van der Waals surface area contributed by atoms with Crippen LogP contribution in [0.25, 0.3) is 44.9 Å². The number of ether oxygens (including phenoxy) is 2. The smallest absolute Gasteiger partial charge is 0.172 e. The maximum Gasteiger partial charge on any atom is 0.172 e. The van der Waals surface area contributed by atoms with Crippen molar-refractivity contribution in [1.82, 2.24) is 0 Å². The van der Waals surface area contributed by atoms with Crippen LogP contribution in [-0.2, 0) is 5.41 Å². The zero-order valence-corrected chi connectivity index (χ0v) is 28.9. The molecule has 2 aliphatic carbocycles. The molecular formula is C49H33NO3. The van der Waals surface area contributed by atoms with Crippen molar-refractivity contribution in [1.29, 1.82) is 0 Å². The Morgan fingerprint density at radius 1 is 0.566 bits per heavy atom. The van der Waals surface area contributed by atoms with E-state index in [4.69, 9.17) is 13.9 Å². The molecule has 10 rings (SSSR count). The van der Waals surface area contributed by atoms with Gasteiger partial charge in [-0.3, -0.25) is 0 Å². The second-order valence-corrected chi connectivity index (χ2v) is 13.6. The molecule has 0 saturated carbocycles. The Kier molecular flexibility index (Phi) is 6.67. The van der Waals surface area contributed by atoms with E-state index in [0.29, 0.717) is 34.5 Å². The zero-order valence-electron chi connectivity index (χ0n) is 28.9. The fourth-order valence-corrected chi connectivity index (χ4v) is 8.45. The highest BCUT2D eigenvalue weighted by Crippen LogP contribution is 2.64. The third-order valence-corrected chi connectivity index (χ3v) is 10.7. The van der Waals surface area contributed by atoms with Crippen LogP contribution in [0.15, 0.2) is 182 Å². The van der Waals surface area contributed by atoms with Crippen LogP contribution in [0.2, 0.25) is 0 Å².